The molecular weight excluding hydrogens is 291 g/mol. The highest BCUT2D eigenvalue weighted by Crippen LogP contribution is 2.20. The Kier molecular flexibility index (Phi) is 4.65. The van der Waals surface area contributed by atoms with E-state index < -0.39 is 17.3 Å². The molecule has 2 amide bonds. The van der Waals surface area contributed by atoms with Crippen molar-refractivity contribution >= 4 is 11.8 Å². The zero-order valence-corrected chi connectivity index (χ0v) is 12.6. The molecule has 0 spiro atoms. The first-order valence-corrected chi connectivity index (χ1v) is 6.90. The largest absolute Gasteiger partial charge is 0.494 e. The highest BCUT2D eigenvalue weighted by Gasteiger charge is 2.39. The minimum absolute atomic E-state index is 0.0375. The number of nitrogens with zero attached hydrogens (tertiary/aromatic N) is 1. The van der Waals surface area contributed by atoms with Gasteiger partial charge in [-0.1, -0.05) is 6.07 Å². The Morgan fingerprint density at radius 1 is 1.50 bits per heavy atom. The van der Waals surface area contributed by atoms with Gasteiger partial charge in [-0.25, -0.2) is 4.39 Å². The Balaban J connectivity index is 2.06. The SMILES string of the molecule is COc1ccc(CC(=O)N2CCO[C@](C)(C(N)=O)C2)cc1F. The minimum atomic E-state index is -1.18. The molecule has 1 saturated heterocycles. The van der Waals surface area contributed by atoms with Crippen LogP contribution < -0.4 is 10.5 Å². The Bertz CT molecular complexity index is 593. The van der Waals surface area contributed by atoms with Crippen molar-refractivity contribution in [2.45, 2.75) is 18.9 Å². The van der Waals surface area contributed by atoms with Crippen LogP contribution in [0.1, 0.15) is 12.5 Å². The molecule has 0 aromatic heterocycles. The number of rotatable bonds is 4. The van der Waals surface area contributed by atoms with E-state index in [0.29, 0.717) is 12.1 Å². The normalized spacial score (nSPS) is 21.5. The van der Waals surface area contributed by atoms with E-state index in [4.69, 9.17) is 15.2 Å². The molecule has 7 heteroatoms. The zero-order valence-electron chi connectivity index (χ0n) is 12.6. The molecule has 1 aliphatic rings. The third-order valence-corrected chi connectivity index (χ3v) is 3.72. The zero-order chi connectivity index (χ0) is 16.3. The Morgan fingerprint density at radius 3 is 2.82 bits per heavy atom. The number of hydrogen-bond acceptors (Lipinski definition) is 4. The van der Waals surface area contributed by atoms with Gasteiger partial charge in [-0.05, 0) is 24.6 Å². The third-order valence-electron chi connectivity index (χ3n) is 3.72. The number of halogens is 1. The summed E-state index contributed by atoms with van der Waals surface area (Å²) in [5.74, 6) is -1.21. The number of carbonyl (C=O) groups excluding carboxylic acids is 2. The molecule has 22 heavy (non-hydrogen) atoms. The van der Waals surface area contributed by atoms with Gasteiger partial charge < -0.3 is 20.1 Å². The lowest BCUT2D eigenvalue weighted by molar-refractivity contribution is -0.160. The summed E-state index contributed by atoms with van der Waals surface area (Å²) in [6, 6.07) is 4.38. The molecule has 1 aromatic carbocycles. The van der Waals surface area contributed by atoms with Crippen LogP contribution in [-0.4, -0.2) is 49.1 Å². The number of hydrogen-bond donors (Lipinski definition) is 1. The Hall–Kier alpha value is -2.15. The van der Waals surface area contributed by atoms with Gasteiger partial charge in [0.25, 0.3) is 5.91 Å². The second-order valence-electron chi connectivity index (χ2n) is 5.40. The first-order valence-electron chi connectivity index (χ1n) is 6.90. The maximum atomic E-state index is 13.6. The molecule has 0 bridgehead atoms. The topological polar surface area (TPSA) is 81.9 Å². The fraction of sp³-hybridized carbons (Fsp3) is 0.467. The molecule has 1 heterocycles. The van der Waals surface area contributed by atoms with Gasteiger partial charge in [0.15, 0.2) is 17.2 Å². The second-order valence-corrected chi connectivity index (χ2v) is 5.40. The highest BCUT2D eigenvalue weighted by molar-refractivity contribution is 5.85. The van der Waals surface area contributed by atoms with Gasteiger partial charge in [-0.15, -0.1) is 0 Å². The van der Waals surface area contributed by atoms with Crippen molar-refractivity contribution in [2.75, 3.05) is 26.8 Å². The van der Waals surface area contributed by atoms with Crippen molar-refractivity contribution in [3.05, 3.63) is 29.6 Å². The molecule has 6 nitrogen and oxygen atoms in total. The Morgan fingerprint density at radius 2 is 2.23 bits per heavy atom. The van der Waals surface area contributed by atoms with Crippen molar-refractivity contribution in [3.8, 4) is 5.75 Å². The fourth-order valence-electron chi connectivity index (χ4n) is 2.34. The maximum Gasteiger partial charge on any atom is 0.251 e. The smallest absolute Gasteiger partial charge is 0.251 e. The van der Waals surface area contributed by atoms with Gasteiger partial charge in [0, 0.05) is 6.54 Å². The monoisotopic (exact) mass is 310 g/mol. The highest BCUT2D eigenvalue weighted by atomic mass is 19.1. The molecule has 1 aliphatic heterocycles. The number of ether oxygens (including phenoxy) is 2. The van der Waals surface area contributed by atoms with E-state index in [1.807, 2.05) is 0 Å². The lowest BCUT2D eigenvalue weighted by Gasteiger charge is -2.38. The standard InChI is InChI=1S/C15H19FN2O4/c1-15(14(17)20)9-18(5-6-22-15)13(19)8-10-3-4-12(21-2)11(16)7-10/h3-4,7H,5-6,8-9H2,1-2H3,(H2,17,20)/t15-/m0/s1. The Labute approximate surface area is 128 Å². The summed E-state index contributed by atoms with van der Waals surface area (Å²) in [5.41, 5.74) is 4.66. The van der Waals surface area contributed by atoms with E-state index in [1.165, 1.54) is 24.1 Å². The number of primary amides is 1. The predicted molar refractivity (Wildman–Crippen MR) is 76.8 cm³/mol. The summed E-state index contributed by atoms with van der Waals surface area (Å²) < 4.78 is 23.8. The van der Waals surface area contributed by atoms with Crippen LogP contribution in [0.4, 0.5) is 4.39 Å². The van der Waals surface area contributed by atoms with Crippen LogP contribution in [0, 0.1) is 5.82 Å². The van der Waals surface area contributed by atoms with Crippen molar-refractivity contribution < 1.29 is 23.5 Å². The van der Waals surface area contributed by atoms with Crippen LogP contribution in [-0.2, 0) is 20.7 Å². The third kappa shape index (κ3) is 3.36. The van der Waals surface area contributed by atoms with Crippen LogP contribution in [0.25, 0.3) is 0 Å². The van der Waals surface area contributed by atoms with Crippen LogP contribution in [0.5, 0.6) is 5.75 Å². The van der Waals surface area contributed by atoms with Crippen molar-refractivity contribution in [3.63, 3.8) is 0 Å². The number of carbonyl (C=O) groups is 2. The summed E-state index contributed by atoms with van der Waals surface area (Å²) in [6.45, 7) is 2.27. The molecule has 1 fully saturated rings. The average molecular weight is 310 g/mol. The molecule has 0 unspecified atom stereocenters. The maximum absolute atomic E-state index is 13.6. The van der Waals surface area contributed by atoms with Crippen LogP contribution in [0.15, 0.2) is 18.2 Å². The van der Waals surface area contributed by atoms with E-state index in [-0.39, 0.29) is 31.2 Å². The minimum Gasteiger partial charge on any atom is -0.494 e. The van der Waals surface area contributed by atoms with Crippen molar-refractivity contribution in [1.29, 1.82) is 0 Å². The molecule has 1 atom stereocenters. The van der Waals surface area contributed by atoms with Gasteiger partial charge in [-0.3, -0.25) is 9.59 Å². The van der Waals surface area contributed by atoms with Gasteiger partial charge >= 0.3 is 0 Å². The summed E-state index contributed by atoms with van der Waals surface area (Å²) in [7, 11) is 1.38. The molecule has 1 aromatic rings. The van der Waals surface area contributed by atoms with E-state index in [0.717, 1.165) is 0 Å². The molecule has 0 radical (unpaired) electrons. The van der Waals surface area contributed by atoms with Gasteiger partial charge in [0.1, 0.15) is 0 Å². The van der Waals surface area contributed by atoms with Crippen molar-refractivity contribution in [2.24, 2.45) is 5.73 Å². The van der Waals surface area contributed by atoms with Crippen LogP contribution in [0.3, 0.4) is 0 Å². The van der Waals surface area contributed by atoms with Gasteiger partial charge in [0.05, 0.1) is 26.7 Å². The van der Waals surface area contributed by atoms with E-state index in [1.54, 1.807) is 13.0 Å². The van der Waals surface area contributed by atoms with Crippen LogP contribution in [0.2, 0.25) is 0 Å². The van der Waals surface area contributed by atoms with E-state index in [2.05, 4.69) is 0 Å². The predicted octanol–water partition coefficient (Wildman–Crippen LogP) is 0.480. The number of nitrogens with two attached hydrogens (primary N) is 1. The number of methoxy groups -OCH3 is 1. The number of benzene rings is 1. The second kappa shape index (κ2) is 6.31. The summed E-state index contributed by atoms with van der Waals surface area (Å²) >= 11 is 0. The molecule has 2 rings (SSSR count). The summed E-state index contributed by atoms with van der Waals surface area (Å²) in [4.78, 5) is 25.2. The van der Waals surface area contributed by atoms with Crippen LogP contribution >= 0.6 is 0 Å². The quantitative estimate of drug-likeness (QED) is 0.877. The van der Waals surface area contributed by atoms with Gasteiger partial charge in [-0.2, -0.15) is 0 Å². The first kappa shape index (κ1) is 16.2. The number of amides is 2. The molecule has 0 aliphatic carbocycles. The van der Waals surface area contributed by atoms with E-state index >= 15 is 0 Å². The fourth-order valence-corrected chi connectivity index (χ4v) is 2.34. The number of morpholine rings is 1. The van der Waals surface area contributed by atoms with Gasteiger partial charge in [0.2, 0.25) is 5.91 Å². The molecule has 120 valence electrons. The molecular formula is C15H19FN2O4. The lowest BCUT2D eigenvalue weighted by Crippen LogP contribution is -2.58. The van der Waals surface area contributed by atoms with Crippen molar-refractivity contribution in [1.82, 2.24) is 4.90 Å². The molecule has 2 N–H and O–H groups in total. The summed E-state index contributed by atoms with van der Waals surface area (Å²) in [5, 5.41) is 0. The first-order chi connectivity index (χ1) is 10.4. The lowest BCUT2D eigenvalue weighted by atomic mass is 10.0. The van der Waals surface area contributed by atoms with E-state index in [9.17, 15) is 14.0 Å². The molecule has 0 saturated carbocycles. The average Bonchev–Trinajstić information content (AvgIpc) is 2.47. The summed E-state index contributed by atoms with van der Waals surface area (Å²) in [6.07, 6.45) is 0.0375.